The van der Waals surface area contributed by atoms with Gasteiger partial charge in [0.25, 0.3) is 5.91 Å². The molecule has 0 saturated carbocycles. The molecule has 0 aromatic heterocycles. The Bertz CT molecular complexity index is 609. The molecule has 20 heavy (non-hydrogen) atoms. The van der Waals surface area contributed by atoms with E-state index < -0.39 is 5.82 Å². The summed E-state index contributed by atoms with van der Waals surface area (Å²) < 4.78 is 13.3. The summed E-state index contributed by atoms with van der Waals surface area (Å²) in [5.41, 5.74) is 2.32. The van der Waals surface area contributed by atoms with Crippen LogP contribution in [0.3, 0.4) is 0 Å². The van der Waals surface area contributed by atoms with Crippen molar-refractivity contribution in [1.82, 2.24) is 0 Å². The zero-order chi connectivity index (χ0) is 14.5. The van der Waals surface area contributed by atoms with Crippen LogP contribution in [-0.2, 0) is 0 Å². The van der Waals surface area contributed by atoms with Crippen LogP contribution in [0, 0.1) is 12.7 Å². The van der Waals surface area contributed by atoms with E-state index in [9.17, 15) is 9.18 Å². The smallest absolute Gasteiger partial charge is 0.258 e. The van der Waals surface area contributed by atoms with Crippen LogP contribution in [0.1, 0.15) is 29.3 Å². The van der Waals surface area contributed by atoms with Gasteiger partial charge in [0.15, 0.2) is 0 Å². The first-order chi connectivity index (χ1) is 9.61. The van der Waals surface area contributed by atoms with Gasteiger partial charge in [0.05, 0.1) is 0 Å². The Hall–Kier alpha value is -2.16. The highest BCUT2D eigenvalue weighted by Gasteiger charge is 2.17. The summed E-state index contributed by atoms with van der Waals surface area (Å²) in [5.74, 6) is -0.562. The standard InChI is InChI=1S/C17H18FNO/c1-3-10-19(16-9-4-6-13(2)11-16)17(20)14-7-5-8-15(18)12-14/h4-9,11-12H,3,10H2,1-2H3. The molecule has 0 radical (unpaired) electrons. The van der Waals surface area contributed by atoms with Crippen LogP contribution in [0.2, 0.25) is 0 Å². The first kappa shape index (κ1) is 14.3. The molecule has 0 aliphatic rings. The number of hydrogen-bond donors (Lipinski definition) is 0. The van der Waals surface area contributed by atoms with Gasteiger partial charge in [-0.15, -0.1) is 0 Å². The third-order valence-electron chi connectivity index (χ3n) is 3.08. The van der Waals surface area contributed by atoms with Crippen molar-refractivity contribution in [1.29, 1.82) is 0 Å². The van der Waals surface area contributed by atoms with Gasteiger partial charge in [0, 0.05) is 17.8 Å². The van der Waals surface area contributed by atoms with Gasteiger partial charge < -0.3 is 4.90 Å². The van der Waals surface area contributed by atoms with Crippen LogP contribution in [0.15, 0.2) is 48.5 Å². The lowest BCUT2D eigenvalue weighted by molar-refractivity contribution is 0.0986. The van der Waals surface area contributed by atoms with Crippen LogP contribution in [0.4, 0.5) is 10.1 Å². The molecule has 1 amide bonds. The van der Waals surface area contributed by atoms with Crippen molar-refractivity contribution in [3.63, 3.8) is 0 Å². The number of carbonyl (C=O) groups is 1. The minimum absolute atomic E-state index is 0.169. The number of amides is 1. The molecular formula is C17H18FNO. The fourth-order valence-corrected chi connectivity index (χ4v) is 2.14. The van der Waals surface area contributed by atoms with Gasteiger partial charge in [-0.2, -0.15) is 0 Å². The number of benzene rings is 2. The fourth-order valence-electron chi connectivity index (χ4n) is 2.14. The van der Waals surface area contributed by atoms with Crippen molar-refractivity contribution >= 4 is 11.6 Å². The van der Waals surface area contributed by atoms with Gasteiger partial charge in [-0.3, -0.25) is 4.79 Å². The maximum Gasteiger partial charge on any atom is 0.258 e. The average molecular weight is 271 g/mol. The van der Waals surface area contributed by atoms with Crippen LogP contribution in [-0.4, -0.2) is 12.5 Å². The first-order valence-corrected chi connectivity index (χ1v) is 6.76. The van der Waals surface area contributed by atoms with E-state index in [4.69, 9.17) is 0 Å². The molecule has 0 heterocycles. The molecular weight excluding hydrogens is 253 g/mol. The molecule has 2 aromatic carbocycles. The number of halogens is 1. The topological polar surface area (TPSA) is 20.3 Å². The molecule has 2 rings (SSSR count). The van der Waals surface area contributed by atoms with Crippen LogP contribution in [0.25, 0.3) is 0 Å². The Kier molecular flexibility index (Phi) is 4.51. The van der Waals surface area contributed by atoms with Crippen molar-refractivity contribution in [3.05, 3.63) is 65.5 Å². The van der Waals surface area contributed by atoms with Crippen molar-refractivity contribution in [2.24, 2.45) is 0 Å². The predicted octanol–water partition coefficient (Wildman–Crippen LogP) is 4.19. The van der Waals surface area contributed by atoms with Gasteiger partial charge in [-0.25, -0.2) is 4.39 Å². The first-order valence-electron chi connectivity index (χ1n) is 6.76. The molecule has 2 nitrogen and oxygen atoms in total. The summed E-state index contributed by atoms with van der Waals surface area (Å²) in [4.78, 5) is 14.3. The van der Waals surface area contributed by atoms with Gasteiger partial charge in [0.1, 0.15) is 5.82 Å². The van der Waals surface area contributed by atoms with E-state index in [-0.39, 0.29) is 5.91 Å². The van der Waals surface area contributed by atoms with E-state index in [1.807, 2.05) is 38.1 Å². The molecule has 0 atom stereocenters. The highest BCUT2D eigenvalue weighted by Crippen LogP contribution is 2.19. The largest absolute Gasteiger partial charge is 0.308 e. The molecule has 0 fully saturated rings. The van der Waals surface area contributed by atoms with Crippen LogP contribution in [0.5, 0.6) is 0 Å². The highest BCUT2D eigenvalue weighted by atomic mass is 19.1. The summed E-state index contributed by atoms with van der Waals surface area (Å²) in [6.07, 6.45) is 0.842. The highest BCUT2D eigenvalue weighted by molar-refractivity contribution is 6.06. The summed E-state index contributed by atoms with van der Waals surface area (Å²) in [5, 5.41) is 0. The van der Waals surface area contributed by atoms with Crippen LogP contribution < -0.4 is 4.90 Å². The third kappa shape index (κ3) is 3.23. The van der Waals surface area contributed by atoms with E-state index in [1.54, 1.807) is 17.0 Å². The zero-order valence-corrected chi connectivity index (χ0v) is 11.8. The molecule has 0 bridgehead atoms. The van der Waals surface area contributed by atoms with Gasteiger partial charge in [-0.05, 0) is 49.2 Å². The van der Waals surface area contributed by atoms with E-state index in [1.165, 1.54) is 12.1 Å². The summed E-state index contributed by atoms with van der Waals surface area (Å²) >= 11 is 0. The number of rotatable bonds is 4. The Morgan fingerprint density at radius 1 is 1.15 bits per heavy atom. The fraction of sp³-hybridized carbons (Fsp3) is 0.235. The molecule has 0 N–H and O–H groups in total. The SMILES string of the molecule is CCCN(C(=O)c1cccc(F)c1)c1cccc(C)c1. The normalized spacial score (nSPS) is 10.3. The molecule has 0 unspecified atom stereocenters. The third-order valence-corrected chi connectivity index (χ3v) is 3.08. The second-order valence-electron chi connectivity index (χ2n) is 4.81. The second-order valence-corrected chi connectivity index (χ2v) is 4.81. The van der Waals surface area contributed by atoms with E-state index in [0.29, 0.717) is 12.1 Å². The number of carbonyl (C=O) groups excluding carboxylic acids is 1. The summed E-state index contributed by atoms with van der Waals surface area (Å²) in [6.45, 7) is 4.61. The Balaban J connectivity index is 2.35. The van der Waals surface area contributed by atoms with Crippen molar-refractivity contribution in [3.8, 4) is 0 Å². The lowest BCUT2D eigenvalue weighted by atomic mass is 10.1. The second kappa shape index (κ2) is 6.33. The van der Waals surface area contributed by atoms with Crippen molar-refractivity contribution in [2.45, 2.75) is 20.3 Å². The number of aryl methyl sites for hydroxylation is 1. The van der Waals surface area contributed by atoms with Gasteiger partial charge >= 0.3 is 0 Å². The van der Waals surface area contributed by atoms with Crippen molar-refractivity contribution in [2.75, 3.05) is 11.4 Å². The molecule has 104 valence electrons. The Labute approximate surface area is 118 Å². The minimum atomic E-state index is -0.392. The van der Waals surface area contributed by atoms with Gasteiger partial charge in [0.2, 0.25) is 0 Å². The maximum atomic E-state index is 13.3. The number of anilines is 1. The van der Waals surface area contributed by atoms with Crippen LogP contribution >= 0.6 is 0 Å². The molecule has 2 aromatic rings. The lowest BCUT2D eigenvalue weighted by Crippen LogP contribution is -2.31. The summed E-state index contributed by atoms with van der Waals surface area (Å²) in [6, 6.07) is 13.6. The average Bonchev–Trinajstić information content (AvgIpc) is 2.44. The monoisotopic (exact) mass is 271 g/mol. The molecule has 0 spiro atoms. The molecule has 0 aliphatic carbocycles. The molecule has 0 saturated heterocycles. The van der Waals surface area contributed by atoms with E-state index >= 15 is 0 Å². The molecule has 0 aliphatic heterocycles. The van der Waals surface area contributed by atoms with Crippen molar-refractivity contribution < 1.29 is 9.18 Å². The Morgan fingerprint density at radius 2 is 1.90 bits per heavy atom. The number of hydrogen-bond acceptors (Lipinski definition) is 1. The number of nitrogens with zero attached hydrogens (tertiary/aromatic N) is 1. The van der Waals surface area contributed by atoms with E-state index in [2.05, 4.69) is 0 Å². The molecule has 3 heteroatoms. The van der Waals surface area contributed by atoms with E-state index in [0.717, 1.165) is 17.7 Å². The lowest BCUT2D eigenvalue weighted by Gasteiger charge is -2.22. The zero-order valence-electron chi connectivity index (χ0n) is 11.8. The predicted molar refractivity (Wildman–Crippen MR) is 79.5 cm³/mol. The van der Waals surface area contributed by atoms with Gasteiger partial charge in [-0.1, -0.05) is 25.1 Å². The summed E-state index contributed by atoms with van der Waals surface area (Å²) in [7, 11) is 0. The minimum Gasteiger partial charge on any atom is -0.308 e. The quantitative estimate of drug-likeness (QED) is 0.816. The Morgan fingerprint density at radius 3 is 2.55 bits per heavy atom. The maximum absolute atomic E-state index is 13.3.